The largest absolute Gasteiger partial charge is 0.448 e. The fraction of sp³-hybridized carbons (Fsp3) is 0.312. The van der Waals surface area contributed by atoms with E-state index in [9.17, 15) is 0 Å². The average Bonchev–Trinajstić information content (AvgIpc) is 3.06. The van der Waals surface area contributed by atoms with Crippen molar-refractivity contribution < 1.29 is 4.42 Å². The van der Waals surface area contributed by atoms with E-state index in [1.165, 1.54) is 12.0 Å². The van der Waals surface area contributed by atoms with Gasteiger partial charge in [-0.2, -0.15) is 5.10 Å². The second-order valence-electron chi connectivity index (χ2n) is 5.21. The van der Waals surface area contributed by atoms with E-state index >= 15 is 0 Å². The zero-order valence-electron chi connectivity index (χ0n) is 13.0. The van der Waals surface area contributed by atoms with Gasteiger partial charge in [0.2, 0.25) is 0 Å². The van der Waals surface area contributed by atoms with Gasteiger partial charge in [-0.25, -0.2) is 14.6 Å². The molecule has 0 bridgehead atoms. The van der Waals surface area contributed by atoms with Crippen LogP contribution in [0.3, 0.4) is 0 Å². The van der Waals surface area contributed by atoms with Gasteiger partial charge in [-0.1, -0.05) is 6.07 Å². The highest BCUT2D eigenvalue weighted by molar-refractivity contribution is 5.32. The monoisotopic (exact) mass is 297 g/mol. The second-order valence-corrected chi connectivity index (χ2v) is 5.21. The fourth-order valence-corrected chi connectivity index (χ4v) is 2.44. The minimum atomic E-state index is 0.677. The van der Waals surface area contributed by atoms with Crippen molar-refractivity contribution in [3.05, 3.63) is 59.2 Å². The molecule has 0 aliphatic rings. The predicted molar refractivity (Wildman–Crippen MR) is 82.6 cm³/mol. The highest BCUT2D eigenvalue weighted by Crippen LogP contribution is 2.16. The first-order chi connectivity index (χ1) is 10.7. The number of hydrogen-bond acceptors (Lipinski definition) is 5. The molecule has 114 valence electrons. The molecule has 3 rings (SSSR count). The third-order valence-corrected chi connectivity index (χ3v) is 3.75. The van der Waals surface area contributed by atoms with Gasteiger partial charge in [-0.05, 0) is 32.9 Å². The number of rotatable bonds is 5. The molecule has 1 N–H and O–H groups in total. The average molecular weight is 297 g/mol. The van der Waals surface area contributed by atoms with Crippen LogP contribution in [0.4, 0.5) is 0 Å². The maximum atomic E-state index is 5.20. The molecule has 0 spiro atoms. The molecule has 0 aliphatic heterocycles. The van der Waals surface area contributed by atoms with Gasteiger partial charge in [-0.3, -0.25) is 0 Å². The van der Waals surface area contributed by atoms with Crippen LogP contribution in [0.1, 0.15) is 28.4 Å². The Balaban J connectivity index is 1.75. The van der Waals surface area contributed by atoms with Crippen molar-refractivity contribution in [2.45, 2.75) is 33.9 Å². The lowest BCUT2D eigenvalue weighted by atomic mass is 10.2. The van der Waals surface area contributed by atoms with Gasteiger partial charge >= 0.3 is 0 Å². The summed E-state index contributed by atoms with van der Waals surface area (Å²) in [4.78, 5) is 8.54. The van der Waals surface area contributed by atoms with Crippen molar-refractivity contribution in [1.29, 1.82) is 0 Å². The van der Waals surface area contributed by atoms with Crippen molar-refractivity contribution in [2.24, 2.45) is 0 Å². The van der Waals surface area contributed by atoms with Gasteiger partial charge in [-0.15, -0.1) is 0 Å². The molecule has 3 heterocycles. The van der Waals surface area contributed by atoms with Crippen LogP contribution in [-0.4, -0.2) is 19.7 Å². The van der Waals surface area contributed by atoms with Crippen molar-refractivity contribution in [2.75, 3.05) is 0 Å². The number of aromatic nitrogens is 4. The maximum absolute atomic E-state index is 5.20. The van der Waals surface area contributed by atoms with Gasteiger partial charge in [0.25, 0.3) is 0 Å². The van der Waals surface area contributed by atoms with Crippen LogP contribution in [0.15, 0.2) is 35.2 Å². The van der Waals surface area contributed by atoms with Gasteiger partial charge in [0.05, 0.1) is 11.4 Å². The van der Waals surface area contributed by atoms with E-state index in [1.54, 1.807) is 6.20 Å². The SMILES string of the molecule is Cc1nn(-c2ccccn2)c(C)c1CNCc1ncoc1C. The Morgan fingerprint density at radius 2 is 2.00 bits per heavy atom. The van der Waals surface area contributed by atoms with E-state index in [2.05, 4.69) is 27.3 Å². The van der Waals surface area contributed by atoms with Crippen LogP contribution >= 0.6 is 0 Å². The molecular weight excluding hydrogens is 278 g/mol. The first-order valence-electron chi connectivity index (χ1n) is 7.23. The summed E-state index contributed by atoms with van der Waals surface area (Å²) in [6.45, 7) is 7.41. The third kappa shape index (κ3) is 2.78. The van der Waals surface area contributed by atoms with Gasteiger partial charge in [0.1, 0.15) is 5.76 Å². The standard InChI is InChI=1S/C16H19N5O/c1-11-14(8-17-9-15-13(3)22-10-19-15)12(2)21(20-11)16-6-4-5-7-18-16/h4-7,10,17H,8-9H2,1-3H3. The quantitative estimate of drug-likeness (QED) is 0.783. The Kier molecular flexibility index (Phi) is 4.02. The molecule has 0 aromatic carbocycles. The van der Waals surface area contributed by atoms with Gasteiger partial charge in [0.15, 0.2) is 12.2 Å². The van der Waals surface area contributed by atoms with Crippen molar-refractivity contribution in [1.82, 2.24) is 25.1 Å². The van der Waals surface area contributed by atoms with Crippen LogP contribution in [-0.2, 0) is 13.1 Å². The summed E-state index contributed by atoms with van der Waals surface area (Å²) in [6.07, 6.45) is 3.25. The molecular formula is C16H19N5O. The summed E-state index contributed by atoms with van der Waals surface area (Å²) >= 11 is 0. The number of nitrogens with zero attached hydrogens (tertiary/aromatic N) is 4. The molecule has 22 heavy (non-hydrogen) atoms. The minimum absolute atomic E-state index is 0.677. The summed E-state index contributed by atoms with van der Waals surface area (Å²) in [5.41, 5.74) is 4.23. The van der Waals surface area contributed by atoms with Crippen molar-refractivity contribution in [3.8, 4) is 5.82 Å². The molecule has 6 heteroatoms. The lowest BCUT2D eigenvalue weighted by molar-refractivity contribution is 0.522. The first-order valence-corrected chi connectivity index (χ1v) is 7.23. The van der Waals surface area contributed by atoms with Crippen LogP contribution < -0.4 is 5.32 Å². The van der Waals surface area contributed by atoms with Crippen LogP contribution in [0.25, 0.3) is 5.82 Å². The Bertz CT molecular complexity index is 760. The topological polar surface area (TPSA) is 68.8 Å². The molecule has 0 amide bonds. The maximum Gasteiger partial charge on any atom is 0.181 e. The number of oxazole rings is 1. The lowest BCUT2D eigenvalue weighted by Gasteiger charge is -2.05. The Hall–Kier alpha value is -2.47. The summed E-state index contributed by atoms with van der Waals surface area (Å²) in [5, 5.41) is 7.99. The Labute approximate surface area is 129 Å². The highest BCUT2D eigenvalue weighted by Gasteiger charge is 2.13. The summed E-state index contributed by atoms with van der Waals surface area (Å²) in [7, 11) is 0. The normalized spacial score (nSPS) is 11.0. The van der Waals surface area contributed by atoms with E-state index in [0.717, 1.165) is 35.2 Å². The van der Waals surface area contributed by atoms with E-state index in [4.69, 9.17) is 4.42 Å². The van der Waals surface area contributed by atoms with E-state index in [-0.39, 0.29) is 0 Å². The van der Waals surface area contributed by atoms with E-state index in [1.807, 2.05) is 36.7 Å². The smallest absolute Gasteiger partial charge is 0.181 e. The van der Waals surface area contributed by atoms with Crippen molar-refractivity contribution in [3.63, 3.8) is 0 Å². The number of aryl methyl sites for hydroxylation is 2. The Morgan fingerprint density at radius 1 is 1.14 bits per heavy atom. The highest BCUT2D eigenvalue weighted by atomic mass is 16.3. The van der Waals surface area contributed by atoms with Crippen LogP contribution in [0, 0.1) is 20.8 Å². The van der Waals surface area contributed by atoms with Crippen LogP contribution in [0.2, 0.25) is 0 Å². The summed E-state index contributed by atoms with van der Waals surface area (Å²) < 4.78 is 7.08. The van der Waals surface area contributed by atoms with E-state index < -0.39 is 0 Å². The lowest BCUT2D eigenvalue weighted by Crippen LogP contribution is -2.14. The molecule has 0 saturated heterocycles. The van der Waals surface area contributed by atoms with Gasteiger partial charge < -0.3 is 9.73 Å². The summed E-state index contributed by atoms with van der Waals surface area (Å²) in [6, 6.07) is 5.82. The predicted octanol–water partition coefficient (Wildman–Crippen LogP) is 2.47. The number of nitrogens with one attached hydrogen (secondary N) is 1. The first kappa shape index (κ1) is 14.5. The molecule has 6 nitrogen and oxygen atoms in total. The molecule has 0 saturated carbocycles. The zero-order valence-corrected chi connectivity index (χ0v) is 13.0. The zero-order chi connectivity index (χ0) is 15.5. The molecule has 0 atom stereocenters. The molecule has 0 fully saturated rings. The molecule has 0 radical (unpaired) electrons. The fourth-order valence-electron chi connectivity index (χ4n) is 2.44. The third-order valence-electron chi connectivity index (χ3n) is 3.75. The number of hydrogen-bond donors (Lipinski definition) is 1. The van der Waals surface area contributed by atoms with Crippen molar-refractivity contribution >= 4 is 0 Å². The second kappa shape index (κ2) is 6.11. The molecule has 3 aromatic heterocycles. The molecule has 3 aromatic rings. The number of pyridine rings is 1. The van der Waals surface area contributed by atoms with Crippen LogP contribution in [0.5, 0.6) is 0 Å². The summed E-state index contributed by atoms with van der Waals surface area (Å²) in [5.74, 6) is 1.69. The molecule has 0 aliphatic carbocycles. The molecule has 0 unspecified atom stereocenters. The Morgan fingerprint density at radius 3 is 2.68 bits per heavy atom. The van der Waals surface area contributed by atoms with E-state index in [0.29, 0.717) is 6.54 Å². The van der Waals surface area contributed by atoms with Gasteiger partial charge in [0, 0.05) is 30.5 Å². The minimum Gasteiger partial charge on any atom is -0.448 e.